The highest BCUT2D eigenvalue weighted by Gasteiger charge is 2.18. The monoisotopic (exact) mass is 356 g/mol. The number of carbonyl (C=O) groups is 1. The Morgan fingerprint density at radius 2 is 1.85 bits per heavy atom. The minimum atomic E-state index is -0.0440. The van der Waals surface area contributed by atoms with Gasteiger partial charge in [0.25, 0.3) is 0 Å². The summed E-state index contributed by atoms with van der Waals surface area (Å²) in [5.41, 5.74) is 5.19. The first-order valence-electron chi connectivity index (χ1n) is 9.45. The number of benzene rings is 1. The van der Waals surface area contributed by atoms with Crippen LogP contribution in [0.15, 0.2) is 24.3 Å². The Balaban J connectivity index is 2.00. The summed E-state index contributed by atoms with van der Waals surface area (Å²) >= 11 is 0. The molecule has 0 radical (unpaired) electrons. The van der Waals surface area contributed by atoms with Crippen molar-refractivity contribution in [1.82, 2.24) is 15.1 Å². The van der Waals surface area contributed by atoms with Crippen molar-refractivity contribution in [3.05, 3.63) is 46.8 Å². The minimum absolute atomic E-state index is 0.0440. The molecule has 0 saturated heterocycles. The Hall–Kier alpha value is -2.14. The SMILES string of the molecule is CCCc1ccc([C@@H](NCC(=O)Nc2c(C)nn(C)c2C)C(C)C)cc1. The van der Waals surface area contributed by atoms with Crippen LogP contribution in [0.1, 0.15) is 55.7 Å². The molecule has 0 fully saturated rings. The molecule has 0 aliphatic carbocycles. The third-order valence-corrected chi connectivity index (χ3v) is 4.80. The Morgan fingerprint density at radius 1 is 1.19 bits per heavy atom. The summed E-state index contributed by atoms with van der Waals surface area (Å²) in [6, 6.07) is 8.88. The van der Waals surface area contributed by atoms with E-state index >= 15 is 0 Å². The van der Waals surface area contributed by atoms with E-state index in [9.17, 15) is 4.79 Å². The number of nitrogens with one attached hydrogen (secondary N) is 2. The van der Waals surface area contributed by atoms with Crippen LogP contribution in [0.25, 0.3) is 0 Å². The molecule has 1 atom stereocenters. The number of nitrogens with zero attached hydrogens (tertiary/aromatic N) is 2. The van der Waals surface area contributed by atoms with Crippen LogP contribution in [-0.4, -0.2) is 22.2 Å². The first kappa shape index (κ1) is 20.2. The topological polar surface area (TPSA) is 59.0 Å². The molecule has 0 aliphatic heterocycles. The highest BCUT2D eigenvalue weighted by atomic mass is 16.1. The van der Waals surface area contributed by atoms with Crippen molar-refractivity contribution in [3.8, 4) is 0 Å². The van der Waals surface area contributed by atoms with Crippen LogP contribution in [0, 0.1) is 19.8 Å². The number of anilines is 1. The average Bonchev–Trinajstić information content (AvgIpc) is 2.83. The molecule has 1 heterocycles. The van der Waals surface area contributed by atoms with Gasteiger partial charge in [0.1, 0.15) is 0 Å². The third-order valence-electron chi connectivity index (χ3n) is 4.80. The maximum Gasteiger partial charge on any atom is 0.238 e. The van der Waals surface area contributed by atoms with Gasteiger partial charge in [0.15, 0.2) is 0 Å². The van der Waals surface area contributed by atoms with E-state index in [0.717, 1.165) is 29.9 Å². The lowest BCUT2D eigenvalue weighted by molar-refractivity contribution is -0.115. The van der Waals surface area contributed by atoms with Gasteiger partial charge in [0, 0.05) is 13.1 Å². The Kier molecular flexibility index (Phi) is 6.98. The Labute approximate surface area is 157 Å². The largest absolute Gasteiger partial charge is 0.322 e. The molecule has 0 saturated carbocycles. The van der Waals surface area contributed by atoms with Crippen molar-refractivity contribution in [2.24, 2.45) is 13.0 Å². The van der Waals surface area contributed by atoms with E-state index in [4.69, 9.17) is 0 Å². The smallest absolute Gasteiger partial charge is 0.238 e. The van der Waals surface area contributed by atoms with Crippen LogP contribution >= 0.6 is 0 Å². The first-order chi connectivity index (χ1) is 12.3. The van der Waals surface area contributed by atoms with E-state index in [-0.39, 0.29) is 18.5 Å². The lowest BCUT2D eigenvalue weighted by Gasteiger charge is -2.23. The molecular formula is C21H32N4O. The van der Waals surface area contributed by atoms with Crippen molar-refractivity contribution in [1.29, 1.82) is 0 Å². The number of carbonyl (C=O) groups excluding carboxylic acids is 1. The van der Waals surface area contributed by atoms with Crippen molar-refractivity contribution < 1.29 is 4.79 Å². The molecule has 2 N–H and O–H groups in total. The van der Waals surface area contributed by atoms with E-state index < -0.39 is 0 Å². The van der Waals surface area contributed by atoms with E-state index in [2.05, 4.69) is 60.8 Å². The maximum absolute atomic E-state index is 12.4. The van der Waals surface area contributed by atoms with Crippen LogP contribution in [-0.2, 0) is 18.3 Å². The normalized spacial score (nSPS) is 12.4. The zero-order valence-corrected chi connectivity index (χ0v) is 16.9. The highest BCUT2D eigenvalue weighted by Crippen LogP contribution is 2.23. The summed E-state index contributed by atoms with van der Waals surface area (Å²) in [5.74, 6) is 0.346. The molecule has 0 unspecified atom stereocenters. The molecule has 0 bridgehead atoms. The predicted molar refractivity (Wildman–Crippen MR) is 107 cm³/mol. The van der Waals surface area contributed by atoms with Gasteiger partial charge in [-0.1, -0.05) is 51.5 Å². The summed E-state index contributed by atoms with van der Waals surface area (Å²) < 4.78 is 1.78. The van der Waals surface area contributed by atoms with Gasteiger partial charge < -0.3 is 10.6 Å². The molecular weight excluding hydrogens is 324 g/mol. The molecule has 0 spiro atoms. The van der Waals surface area contributed by atoms with Gasteiger partial charge >= 0.3 is 0 Å². The molecule has 2 aromatic rings. The van der Waals surface area contributed by atoms with Crippen LogP contribution in [0.5, 0.6) is 0 Å². The molecule has 1 amide bonds. The first-order valence-corrected chi connectivity index (χ1v) is 9.45. The van der Waals surface area contributed by atoms with Gasteiger partial charge in [-0.25, -0.2) is 0 Å². The number of amides is 1. The van der Waals surface area contributed by atoms with Gasteiger partial charge in [-0.15, -0.1) is 0 Å². The van der Waals surface area contributed by atoms with Crippen molar-refractivity contribution in [2.75, 3.05) is 11.9 Å². The maximum atomic E-state index is 12.4. The fraction of sp³-hybridized carbons (Fsp3) is 0.524. The van der Waals surface area contributed by atoms with Crippen molar-refractivity contribution in [3.63, 3.8) is 0 Å². The molecule has 2 rings (SSSR count). The number of hydrogen-bond donors (Lipinski definition) is 2. The molecule has 5 heteroatoms. The second-order valence-corrected chi connectivity index (χ2v) is 7.31. The zero-order valence-electron chi connectivity index (χ0n) is 16.9. The summed E-state index contributed by atoms with van der Waals surface area (Å²) in [6.45, 7) is 10.7. The third kappa shape index (κ3) is 4.94. The minimum Gasteiger partial charge on any atom is -0.322 e. The number of hydrogen-bond acceptors (Lipinski definition) is 3. The summed E-state index contributed by atoms with van der Waals surface area (Å²) in [5, 5.41) is 10.7. The molecule has 1 aromatic carbocycles. The zero-order chi connectivity index (χ0) is 19.3. The number of aromatic nitrogens is 2. The molecule has 1 aromatic heterocycles. The van der Waals surface area contributed by atoms with Crippen molar-refractivity contribution >= 4 is 11.6 Å². The van der Waals surface area contributed by atoms with Gasteiger partial charge in [0.05, 0.1) is 23.6 Å². The quantitative estimate of drug-likeness (QED) is 0.754. The Morgan fingerprint density at radius 3 is 2.35 bits per heavy atom. The van der Waals surface area contributed by atoms with Gasteiger partial charge in [-0.05, 0) is 37.3 Å². The highest BCUT2D eigenvalue weighted by molar-refractivity contribution is 5.93. The molecule has 0 aliphatic rings. The molecule has 26 heavy (non-hydrogen) atoms. The fourth-order valence-corrected chi connectivity index (χ4v) is 3.26. The lowest BCUT2D eigenvalue weighted by Crippen LogP contribution is -2.33. The van der Waals surface area contributed by atoms with Gasteiger partial charge in [-0.3, -0.25) is 9.48 Å². The van der Waals surface area contributed by atoms with E-state index in [1.165, 1.54) is 11.1 Å². The molecule has 5 nitrogen and oxygen atoms in total. The van der Waals surface area contributed by atoms with Gasteiger partial charge in [-0.2, -0.15) is 5.10 Å². The summed E-state index contributed by atoms with van der Waals surface area (Å²) in [7, 11) is 1.88. The summed E-state index contributed by atoms with van der Waals surface area (Å²) in [4.78, 5) is 12.4. The molecule has 142 valence electrons. The standard InChI is InChI=1S/C21H32N4O/c1-7-8-17-9-11-18(12-10-17)20(14(2)3)22-13-19(26)23-21-15(4)24-25(6)16(21)5/h9-12,14,20,22H,7-8,13H2,1-6H3,(H,23,26)/t20-/m0/s1. The average molecular weight is 357 g/mol. The van der Waals surface area contributed by atoms with Gasteiger partial charge in [0.2, 0.25) is 5.91 Å². The van der Waals surface area contributed by atoms with E-state index in [1.54, 1.807) is 4.68 Å². The Bertz CT molecular complexity index is 731. The predicted octanol–water partition coefficient (Wildman–Crippen LogP) is 3.91. The van der Waals surface area contributed by atoms with Crippen LogP contribution in [0.3, 0.4) is 0 Å². The van der Waals surface area contributed by atoms with E-state index in [0.29, 0.717) is 5.92 Å². The van der Waals surface area contributed by atoms with E-state index in [1.807, 2.05) is 20.9 Å². The number of rotatable bonds is 8. The van der Waals surface area contributed by atoms with Crippen molar-refractivity contribution in [2.45, 2.75) is 53.5 Å². The second kappa shape index (κ2) is 8.99. The van der Waals surface area contributed by atoms with Crippen LogP contribution < -0.4 is 10.6 Å². The second-order valence-electron chi connectivity index (χ2n) is 7.31. The van der Waals surface area contributed by atoms with Crippen LogP contribution in [0.4, 0.5) is 5.69 Å². The van der Waals surface area contributed by atoms with Crippen LogP contribution in [0.2, 0.25) is 0 Å². The number of aryl methyl sites for hydroxylation is 3. The lowest BCUT2D eigenvalue weighted by atomic mass is 9.94. The fourth-order valence-electron chi connectivity index (χ4n) is 3.26. The summed E-state index contributed by atoms with van der Waals surface area (Å²) in [6.07, 6.45) is 2.25.